The summed E-state index contributed by atoms with van der Waals surface area (Å²) in [6.45, 7) is 2.21. The first-order chi connectivity index (χ1) is 13.3. The number of Topliss-reactive ketones (excluding diaryl/α,β-unsaturated/α-hetero) is 1. The van der Waals surface area contributed by atoms with Crippen LogP contribution in [-0.4, -0.2) is 15.9 Å². The van der Waals surface area contributed by atoms with Crippen LogP contribution in [0, 0.1) is 0 Å². The topological polar surface area (TPSA) is 53.1 Å². The Kier molecular flexibility index (Phi) is 14.7. The van der Waals surface area contributed by atoms with E-state index in [2.05, 4.69) is 24.1 Å². The monoisotopic (exact) mass is 375 g/mol. The molecule has 2 N–H and O–H groups in total. The molecule has 0 aliphatic heterocycles. The summed E-state index contributed by atoms with van der Waals surface area (Å²) in [7, 11) is 0. The van der Waals surface area contributed by atoms with Gasteiger partial charge in [-0.3, -0.25) is 4.79 Å². The number of H-pyrrole nitrogens is 1. The van der Waals surface area contributed by atoms with Crippen molar-refractivity contribution >= 4 is 5.78 Å². The number of rotatable bonds is 18. The number of aromatic nitrogens is 1. The van der Waals surface area contributed by atoms with Gasteiger partial charge in [0, 0.05) is 12.1 Å². The van der Waals surface area contributed by atoms with Gasteiger partial charge < -0.3 is 10.1 Å². The third-order valence-corrected chi connectivity index (χ3v) is 5.13. The molecular formula is C24H41NO2. The molecule has 0 saturated heterocycles. The van der Waals surface area contributed by atoms with Crippen molar-refractivity contribution in [3.63, 3.8) is 0 Å². The van der Waals surface area contributed by atoms with Crippen LogP contribution < -0.4 is 0 Å². The van der Waals surface area contributed by atoms with E-state index in [1.165, 1.54) is 77.0 Å². The zero-order valence-electron chi connectivity index (χ0n) is 17.5. The van der Waals surface area contributed by atoms with E-state index in [0.29, 0.717) is 17.8 Å². The van der Waals surface area contributed by atoms with Crippen molar-refractivity contribution in [3.8, 4) is 0 Å². The van der Waals surface area contributed by atoms with Gasteiger partial charge in [0.15, 0.2) is 5.78 Å². The Balaban J connectivity index is 1.82. The van der Waals surface area contributed by atoms with E-state index in [-0.39, 0.29) is 12.4 Å². The predicted octanol–water partition coefficient (Wildman–Crippen LogP) is 7.12. The maximum absolute atomic E-state index is 12.0. The fourth-order valence-corrected chi connectivity index (χ4v) is 3.35. The van der Waals surface area contributed by atoms with E-state index in [1.807, 2.05) is 0 Å². The first kappa shape index (κ1) is 23.7. The van der Waals surface area contributed by atoms with Crippen LogP contribution in [0.1, 0.15) is 119 Å². The number of nitrogens with one attached hydrogen (secondary N) is 1. The van der Waals surface area contributed by atoms with Crippen LogP contribution in [-0.2, 0) is 6.61 Å². The lowest BCUT2D eigenvalue weighted by Crippen LogP contribution is -1.99. The molecule has 1 rings (SSSR count). The summed E-state index contributed by atoms with van der Waals surface area (Å²) in [4.78, 5) is 15.0. The molecule has 27 heavy (non-hydrogen) atoms. The lowest BCUT2D eigenvalue weighted by molar-refractivity contribution is 0.0974. The Bertz CT molecular complexity index is 504. The first-order valence-corrected chi connectivity index (χ1v) is 11.2. The van der Waals surface area contributed by atoms with Gasteiger partial charge in [0.25, 0.3) is 0 Å². The summed E-state index contributed by atoms with van der Waals surface area (Å²) in [5.41, 5.74) is 1.34. The van der Waals surface area contributed by atoms with Gasteiger partial charge in [-0.15, -0.1) is 0 Å². The molecule has 0 bridgehead atoms. The maximum atomic E-state index is 12.0. The number of hydrogen-bond donors (Lipinski definition) is 2. The molecule has 0 saturated carbocycles. The average Bonchev–Trinajstić information content (AvgIpc) is 3.17. The van der Waals surface area contributed by atoms with Crippen LogP contribution in [0.5, 0.6) is 0 Å². The lowest BCUT2D eigenvalue weighted by Gasteiger charge is -2.02. The molecule has 3 heteroatoms. The number of carbonyl (C=O) groups is 1. The van der Waals surface area contributed by atoms with Gasteiger partial charge >= 0.3 is 0 Å². The van der Waals surface area contributed by atoms with E-state index < -0.39 is 0 Å². The molecule has 0 atom stereocenters. The molecule has 1 aromatic heterocycles. The molecule has 0 aromatic carbocycles. The number of unbranched alkanes of at least 4 members (excludes halogenated alkanes) is 12. The molecule has 3 nitrogen and oxygen atoms in total. The second-order valence-corrected chi connectivity index (χ2v) is 7.67. The Morgan fingerprint density at radius 1 is 0.852 bits per heavy atom. The summed E-state index contributed by atoms with van der Waals surface area (Å²) in [6, 6.07) is 3.55. The quantitative estimate of drug-likeness (QED) is 0.163. The molecule has 0 aliphatic carbocycles. The van der Waals surface area contributed by atoms with Gasteiger partial charge in [0.05, 0.1) is 12.3 Å². The molecule has 0 radical (unpaired) electrons. The van der Waals surface area contributed by atoms with Crippen LogP contribution in [0.15, 0.2) is 24.3 Å². The van der Waals surface area contributed by atoms with Crippen LogP contribution >= 0.6 is 0 Å². The average molecular weight is 376 g/mol. The Morgan fingerprint density at radius 2 is 1.41 bits per heavy atom. The summed E-state index contributed by atoms with van der Waals surface area (Å²) >= 11 is 0. The highest BCUT2D eigenvalue weighted by molar-refractivity contribution is 5.94. The SMILES string of the molecule is CCCC/C=C\CCCCCCCCCCCCC(=O)c1ccc(CO)[nH]1. The molecule has 0 fully saturated rings. The second kappa shape index (κ2) is 16.8. The summed E-state index contributed by atoms with van der Waals surface area (Å²) in [5, 5.41) is 9.01. The third-order valence-electron chi connectivity index (χ3n) is 5.13. The molecule has 0 unspecified atom stereocenters. The number of allylic oxidation sites excluding steroid dienone is 2. The number of aromatic amines is 1. The lowest BCUT2D eigenvalue weighted by atomic mass is 10.0. The van der Waals surface area contributed by atoms with Crippen LogP contribution in [0.25, 0.3) is 0 Å². The Hall–Kier alpha value is -1.35. The standard InChI is InChI=1S/C24H41NO2/c1-2-3-4-5-6-7-8-9-10-11-12-13-14-15-16-17-18-24(27)23-20-19-22(21-26)25-23/h5-6,19-20,25-26H,2-4,7-18,21H2,1H3/b6-5-. The van der Waals surface area contributed by atoms with Crippen LogP contribution in [0.4, 0.5) is 0 Å². The minimum absolute atomic E-state index is 0.0383. The van der Waals surface area contributed by atoms with Gasteiger partial charge in [0.1, 0.15) is 0 Å². The van der Waals surface area contributed by atoms with E-state index >= 15 is 0 Å². The normalized spacial score (nSPS) is 11.5. The zero-order chi connectivity index (χ0) is 19.6. The molecule has 1 heterocycles. The van der Waals surface area contributed by atoms with Crippen molar-refractivity contribution in [2.24, 2.45) is 0 Å². The number of hydrogen-bond acceptors (Lipinski definition) is 2. The second-order valence-electron chi connectivity index (χ2n) is 7.67. The fourth-order valence-electron chi connectivity index (χ4n) is 3.35. The summed E-state index contributed by atoms with van der Waals surface area (Å²) in [6.07, 6.45) is 23.3. The Morgan fingerprint density at radius 3 is 1.96 bits per heavy atom. The molecule has 154 valence electrons. The van der Waals surface area contributed by atoms with Crippen molar-refractivity contribution < 1.29 is 9.90 Å². The minimum atomic E-state index is -0.0383. The third kappa shape index (κ3) is 12.6. The van der Waals surface area contributed by atoms with Crippen molar-refractivity contribution in [3.05, 3.63) is 35.7 Å². The number of carbonyl (C=O) groups excluding carboxylic acids is 1. The summed E-state index contributed by atoms with van der Waals surface area (Å²) in [5.74, 6) is 0.162. The highest BCUT2D eigenvalue weighted by Gasteiger charge is 2.07. The number of ketones is 1. The van der Waals surface area contributed by atoms with Gasteiger partial charge in [0.2, 0.25) is 0 Å². The van der Waals surface area contributed by atoms with Gasteiger partial charge in [-0.25, -0.2) is 0 Å². The fraction of sp³-hybridized carbons (Fsp3) is 0.708. The van der Waals surface area contributed by atoms with Gasteiger partial charge in [-0.2, -0.15) is 0 Å². The molecule has 0 spiro atoms. The van der Waals surface area contributed by atoms with E-state index in [4.69, 9.17) is 5.11 Å². The van der Waals surface area contributed by atoms with Crippen LogP contribution in [0.2, 0.25) is 0 Å². The highest BCUT2D eigenvalue weighted by atomic mass is 16.3. The summed E-state index contributed by atoms with van der Waals surface area (Å²) < 4.78 is 0. The highest BCUT2D eigenvalue weighted by Crippen LogP contribution is 2.13. The molecule has 0 amide bonds. The number of aliphatic hydroxyl groups is 1. The zero-order valence-corrected chi connectivity index (χ0v) is 17.5. The molecule has 1 aromatic rings. The first-order valence-electron chi connectivity index (χ1n) is 11.2. The predicted molar refractivity (Wildman–Crippen MR) is 115 cm³/mol. The van der Waals surface area contributed by atoms with Gasteiger partial charge in [-0.05, 0) is 37.8 Å². The van der Waals surface area contributed by atoms with Gasteiger partial charge in [-0.1, -0.05) is 83.3 Å². The number of aliphatic hydroxyl groups excluding tert-OH is 1. The van der Waals surface area contributed by atoms with E-state index in [9.17, 15) is 4.79 Å². The van der Waals surface area contributed by atoms with E-state index in [0.717, 1.165) is 12.8 Å². The molecule has 0 aliphatic rings. The van der Waals surface area contributed by atoms with Crippen molar-refractivity contribution in [1.29, 1.82) is 0 Å². The van der Waals surface area contributed by atoms with Crippen molar-refractivity contribution in [2.75, 3.05) is 0 Å². The largest absolute Gasteiger partial charge is 0.390 e. The maximum Gasteiger partial charge on any atom is 0.179 e. The van der Waals surface area contributed by atoms with Crippen molar-refractivity contribution in [1.82, 2.24) is 4.98 Å². The van der Waals surface area contributed by atoms with Crippen molar-refractivity contribution in [2.45, 2.75) is 110 Å². The van der Waals surface area contributed by atoms with Crippen LogP contribution in [0.3, 0.4) is 0 Å². The molecular weight excluding hydrogens is 334 g/mol. The van der Waals surface area contributed by atoms with E-state index in [1.54, 1.807) is 12.1 Å². The Labute approximate surface area is 166 Å². The minimum Gasteiger partial charge on any atom is -0.390 e. The smallest absolute Gasteiger partial charge is 0.179 e.